The van der Waals surface area contributed by atoms with Crippen LogP contribution in [0.5, 0.6) is 0 Å². The number of amides is 1. The van der Waals surface area contributed by atoms with Gasteiger partial charge in [-0.05, 0) is 25.2 Å². The molecular weight excluding hydrogens is 332 g/mol. The normalized spacial score (nSPS) is 10.2. The van der Waals surface area contributed by atoms with Crippen LogP contribution in [0.1, 0.15) is 64.7 Å². The van der Waals surface area contributed by atoms with Gasteiger partial charge in [-0.3, -0.25) is 4.79 Å². The molecule has 0 bridgehead atoms. The van der Waals surface area contributed by atoms with Crippen LogP contribution in [-0.2, 0) is 14.4 Å². The Bertz CT molecular complexity index is 432. The maximum atomic E-state index is 11.4. The first kappa shape index (κ1) is 28.8. The molecule has 0 aromatic heterocycles. The summed E-state index contributed by atoms with van der Waals surface area (Å²) in [6.45, 7) is 2.15. The summed E-state index contributed by atoms with van der Waals surface area (Å²) < 4.78 is 0. The van der Waals surface area contributed by atoms with E-state index in [1.54, 1.807) is 0 Å². The zero-order chi connectivity index (χ0) is 16.8. The molecule has 0 rings (SSSR count). The zero-order valence-electron chi connectivity index (χ0n) is 15.0. The largest absolute Gasteiger partial charge is 1.00 e. The van der Waals surface area contributed by atoms with Gasteiger partial charge in [0, 0.05) is 12.4 Å². The van der Waals surface area contributed by atoms with Crippen LogP contribution >= 0.6 is 0 Å². The Balaban J connectivity index is -0.00000220. The number of aliphatic carboxylic acids is 2. The van der Waals surface area contributed by atoms with Crippen molar-refractivity contribution < 1.29 is 83.7 Å². The van der Waals surface area contributed by atoms with Crippen LogP contribution in [0.4, 0.5) is 0 Å². The van der Waals surface area contributed by atoms with E-state index in [2.05, 4.69) is 24.1 Å². The number of carbonyl (C=O) groups is 3. The Hall–Kier alpha value is -0.0300. The van der Waals surface area contributed by atoms with Crippen molar-refractivity contribution in [3.63, 3.8) is 0 Å². The van der Waals surface area contributed by atoms with Crippen LogP contribution in [0, 0.1) is 11.8 Å². The predicted octanol–water partition coefficient (Wildman–Crippen LogP) is -6.49. The van der Waals surface area contributed by atoms with E-state index < -0.39 is 30.3 Å². The minimum atomic E-state index is -1.53. The average molecular weight is 355 g/mol. The van der Waals surface area contributed by atoms with E-state index in [1.807, 2.05) is 0 Å². The van der Waals surface area contributed by atoms with Gasteiger partial charge in [0.1, 0.15) is 0 Å². The van der Waals surface area contributed by atoms with Crippen molar-refractivity contribution in [3.8, 4) is 11.8 Å². The summed E-state index contributed by atoms with van der Waals surface area (Å²) in [6.07, 6.45) is 6.56. The maximum absolute atomic E-state index is 11.4. The summed E-state index contributed by atoms with van der Waals surface area (Å²) in [7, 11) is 0. The number of hydrogen-bond donors (Lipinski definition) is 1. The molecule has 24 heavy (non-hydrogen) atoms. The monoisotopic (exact) mass is 355 g/mol. The molecule has 1 N–H and O–H groups in total. The van der Waals surface area contributed by atoms with E-state index in [0.717, 1.165) is 19.3 Å². The Kier molecular flexibility index (Phi) is 23.1. The molecule has 0 saturated heterocycles. The molecule has 0 fully saturated rings. The van der Waals surface area contributed by atoms with Gasteiger partial charge in [0.2, 0.25) is 0 Å². The predicted molar refractivity (Wildman–Crippen MR) is 76.9 cm³/mol. The van der Waals surface area contributed by atoms with Gasteiger partial charge < -0.3 is 25.1 Å². The molecule has 0 unspecified atom stereocenters. The molecule has 0 aromatic rings. The van der Waals surface area contributed by atoms with E-state index >= 15 is 0 Å². The fraction of sp³-hybridized carbons (Fsp3) is 0.688. The van der Waals surface area contributed by atoms with Crippen molar-refractivity contribution >= 4 is 17.8 Å². The fourth-order valence-corrected chi connectivity index (χ4v) is 1.84. The van der Waals surface area contributed by atoms with Crippen LogP contribution < -0.4 is 74.6 Å². The molecule has 8 heteroatoms. The molecule has 0 aliphatic rings. The quantitative estimate of drug-likeness (QED) is 0.225. The Morgan fingerprint density at radius 3 is 2.12 bits per heavy atom. The van der Waals surface area contributed by atoms with Crippen molar-refractivity contribution in [2.24, 2.45) is 0 Å². The molecule has 0 radical (unpaired) electrons. The number of nitrogens with one attached hydrogen (secondary N) is 1. The van der Waals surface area contributed by atoms with Gasteiger partial charge in [0.15, 0.2) is 0 Å². The maximum Gasteiger partial charge on any atom is 1.00 e. The van der Waals surface area contributed by atoms with Crippen LogP contribution in [0.3, 0.4) is 0 Å². The topological polar surface area (TPSA) is 109 Å². The molecule has 124 valence electrons. The van der Waals surface area contributed by atoms with Gasteiger partial charge in [-0.1, -0.05) is 44.9 Å². The van der Waals surface area contributed by atoms with E-state index in [0.29, 0.717) is 6.42 Å². The third-order valence-electron chi connectivity index (χ3n) is 3.08. The summed E-state index contributed by atoms with van der Waals surface area (Å²) >= 11 is 0. The average Bonchev–Trinajstić information content (AvgIpc) is 2.45. The Morgan fingerprint density at radius 1 is 1.00 bits per heavy atom. The zero-order valence-corrected chi connectivity index (χ0v) is 19.0. The summed E-state index contributed by atoms with van der Waals surface area (Å²) in [4.78, 5) is 32.5. The SMILES string of the molecule is CCCCCCCCC#CC(=O)N[C@@H](CCC(=O)[O-])C(=O)[O-].[Na+].[Na+]. The van der Waals surface area contributed by atoms with Crippen molar-refractivity contribution in [3.05, 3.63) is 0 Å². The Labute approximate surface area is 188 Å². The molecule has 0 spiro atoms. The van der Waals surface area contributed by atoms with Crippen molar-refractivity contribution in [2.75, 3.05) is 0 Å². The molecule has 0 saturated carbocycles. The molecule has 0 aliphatic heterocycles. The summed E-state index contributed by atoms with van der Waals surface area (Å²) in [6, 6.07) is -1.37. The standard InChI is InChI=1S/C16H25NO5.2Na/c1-2-3-4-5-6-7-8-9-10-14(18)17-13(16(21)22)11-12-15(19)20;;/h13H,2-8,11-12H2,1H3,(H,17,18)(H,19,20)(H,21,22);;/q;2*+1/p-2/t13-;;/m0../s1. The number of rotatable bonds is 11. The first-order chi connectivity index (χ1) is 10.5. The van der Waals surface area contributed by atoms with Gasteiger partial charge >= 0.3 is 59.1 Å². The second-order valence-electron chi connectivity index (χ2n) is 5.08. The molecule has 6 nitrogen and oxygen atoms in total. The first-order valence-electron chi connectivity index (χ1n) is 7.67. The molecule has 0 heterocycles. The number of unbranched alkanes of at least 4 members (excludes halogenated alkanes) is 6. The smallest absolute Gasteiger partial charge is 0.550 e. The second kappa shape index (κ2) is 19.3. The number of carboxylic acids is 2. The second-order valence-corrected chi connectivity index (χ2v) is 5.08. The van der Waals surface area contributed by atoms with Gasteiger partial charge in [-0.15, -0.1) is 0 Å². The minimum absolute atomic E-state index is 0. The van der Waals surface area contributed by atoms with Gasteiger partial charge in [0.05, 0.1) is 12.0 Å². The van der Waals surface area contributed by atoms with E-state index in [4.69, 9.17) is 0 Å². The van der Waals surface area contributed by atoms with E-state index in [9.17, 15) is 24.6 Å². The summed E-state index contributed by atoms with van der Waals surface area (Å²) in [5.41, 5.74) is 0. The van der Waals surface area contributed by atoms with Crippen molar-refractivity contribution in [2.45, 2.75) is 70.8 Å². The molecule has 1 atom stereocenters. The summed E-state index contributed by atoms with van der Waals surface area (Å²) in [5, 5.41) is 23.2. The van der Waals surface area contributed by atoms with Gasteiger partial charge in [-0.25, -0.2) is 0 Å². The van der Waals surface area contributed by atoms with Crippen molar-refractivity contribution in [1.82, 2.24) is 5.32 Å². The number of hydrogen-bond acceptors (Lipinski definition) is 5. The third-order valence-corrected chi connectivity index (χ3v) is 3.08. The van der Waals surface area contributed by atoms with Crippen molar-refractivity contribution in [1.29, 1.82) is 0 Å². The van der Waals surface area contributed by atoms with Crippen LogP contribution in [0.15, 0.2) is 0 Å². The van der Waals surface area contributed by atoms with Crippen LogP contribution in [-0.4, -0.2) is 23.9 Å². The molecule has 1 amide bonds. The fourth-order valence-electron chi connectivity index (χ4n) is 1.84. The first-order valence-corrected chi connectivity index (χ1v) is 7.67. The molecular formula is C16H23NNa2O5. The third kappa shape index (κ3) is 18.3. The van der Waals surface area contributed by atoms with Gasteiger partial charge in [-0.2, -0.15) is 0 Å². The van der Waals surface area contributed by atoms with E-state index in [-0.39, 0.29) is 65.5 Å². The van der Waals surface area contributed by atoms with Gasteiger partial charge in [0.25, 0.3) is 5.91 Å². The minimum Gasteiger partial charge on any atom is -0.550 e. The van der Waals surface area contributed by atoms with Crippen LogP contribution in [0.2, 0.25) is 0 Å². The van der Waals surface area contributed by atoms with Crippen LogP contribution in [0.25, 0.3) is 0 Å². The number of carboxylic acid groups (broad SMARTS) is 2. The Morgan fingerprint density at radius 2 is 1.58 bits per heavy atom. The van der Waals surface area contributed by atoms with E-state index in [1.165, 1.54) is 19.3 Å². The summed E-state index contributed by atoms with van der Waals surface area (Å²) in [5.74, 6) is 1.33. The molecule has 0 aromatic carbocycles. The molecule has 0 aliphatic carbocycles. The number of carbonyl (C=O) groups excluding carboxylic acids is 3.